The normalized spacial score (nSPS) is 12.4. The molecule has 0 saturated heterocycles. The Balaban J connectivity index is 3.81. The van der Waals surface area contributed by atoms with Gasteiger partial charge in [0.15, 0.2) is 0 Å². The molecule has 0 N–H and O–H groups in total. The quantitative estimate of drug-likeness (QED) is 0.353. The van der Waals surface area contributed by atoms with Gasteiger partial charge in [-0.15, -0.1) is 0 Å². The second kappa shape index (κ2) is 9.94. The third-order valence-electron chi connectivity index (χ3n) is 3.88. The number of nitrogens with zero attached hydrogens (tertiary/aromatic N) is 1. The molecule has 0 aromatic heterocycles. The first-order valence-corrected chi connectivity index (χ1v) is 7.83. The van der Waals surface area contributed by atoms with Crippen molar-refractivity contribution >= 4 is 0 Å². The molecule has 0 aromatic carbocycles. The largest absolute Gasteiger partial charge is 0.328 e. The topological polar surface area (TPSA) is 0 Å². The second-order valence-electron chi connectivity index (χ2n) is 6.47. The number of rotatable bonds is 11. The summed E-state index contributed by atoms with van der Waals surface area (Å²) in [6.45, 7) is 4.59. The highest BCUT2D eigenvalue weighted by Crippen LogP contribution is 2.19. The van der Waals surface area contributed by atoms with Crippen molar-refractivity contribution in [1.82, 2.24) is 0 Å². The molecule has 0 aliphatic heterocycles. The molecular formula is C16H36N+. The molecule has 0 aliphatic rings. The molecule has 0 fully saturated rings. The number of hydrogen-bond donors (Lipinski definition) is 0. The van der Waals surface area contributed by atoms with E-state index in [9.17, 15) is 0 Å². The van der Waals surface area contributed by atoms with Gasteiger partial charge in [-0.05, 0) is 25.7 Å². The van der Waals surface area contributed by atoms with E-state index in [2.05, 4.69) is 35.0 Å². The summed E-state index contributed by atoms with van der Waals surface area (Å²) in [4.78, 5) is 0. The van der Waals surface area contributed by atoms with Gasteiger partial charge < -0.3 is 4.48 Å². The molecule has 1 heteroatoms. The van der Waals surface area contributed by atoms with E-state index < -0.39 is 0 Å². The fraction of sp³-hybridized carbons (Fsp3) is 1.00. The van der Waals surface area contributed by atoms with E-state index in [1.807, 2.05) is 0 Å². The smallest absolute Gasteiger partial charge is 0.0884 e. The Morgan fingerprint density at radius 1 is 0.647 bits per heavy atom. The molecule has 1 nitrogen and oxygen atoms in total. The van der Waals surface area contributed by atoms with E-state index in [0.717, 1.165) is 10.5 Å². The number of unbranched alkanes of at least 4 members (excludes halogenated alkanes) is 6. The molecule has 17 heavy (non-hydrogen) atoms. The SMILES string of the molecule is CCCCCCC(CCCCCC)[N+](C)(C)C. The molecule has 0 radical (unpaired) electrons. The van der Waals surface area contributed by atoms with Gasteiger partial charge in [0.25, 0.3) is 0 Å². The fourth-order valence-electron chi connectivity index (χ4n) is 2.53. The van der Waals surface area contributed by atoms with E-state index in [0.29, 0.717) is 0 Å². The van der Waals surface area contributed by atoms with Crippen LogP contribution in [0.2, 0.25) is 0 Å². The van der Waals surface area contributed by atoms with Crippen molar-refractivity contribution in [3.05, 3.63) is 0 Å². The summed E-state index contributed by atoms with van der Waals surface area (Å²) >= 11 is 0. The van der Waals surface area contributed by atoms with Gasteiger partial charge in [0.2, 0.25) is 0 Å². The van der Waals surface area contributed by atoms with E-state index in [4.69, 9.17) is 0 Å². The molecule has 0 amide bonds. The van der Waals surface area contributed by atoms with Crippen molar-refractivity contribution in [3.8, 4) is 0 Å². The van der Waals surface area contributed by atoms with Gasteiger partial charge in [0.1, 0.15) is 0 Å². The van der Waals surface area contributed by atoms with Crippen LogP contribution in [0.4, 0.5) is 0 Å². The lowest BCUT2D eigenvalue weighted by molar-refractivity contribution is -0.896. The molecular weight excluding hydrogens is 206 g/mol. The summed E-state index contributed by atoms with van der Waals surface area (Å²) in [6, 6.07) is 0.878. The van der Waals surface area contributed by atoms with Crippen molar-refractivity contribution in [2.45, 2.75) is 84.1 Å². The minimum Gasteiger partial charge on any atom is -0.328 e. The summed E-state index contributed by atoms with van der Waals surface area (Å²) in [5, 5.41) is 0. The van der Waals surface area contributed by atoms with Gasteiger partial charge in [-0.2, -0.15) is 0 Å². The molecule has 0 aliphatic carbocycles. The van der Waals surface area contributed by atoms with E-state index in [1.165, 1.54) is 64.2 Å². The van der Waals surface area contributed by atoms with E-state index in [1.54, 1.807) is 0 Å². The average molecular weight is 242 g/mol. The first-order valence-electron chi connectivity index (χ1n) is 7.83. The monoisotopic (exact) mass is 242 g/mol. The van der Waals surface area contributed by atoms with Crippen LogP contribution in [-0.4, -0.2) is 31.7 Å². The maximum atomic E-state index is 2.37. The van der Waals surface area contributed by atoms with Gasteiger partial charge in [0, 0.05) is 0 Å². The van der Waals surface area contributed by atoms with Crippen LogP contribution in [0.1, 0.15) is 78.1 Å². The minimum absolute atomic E-state index is 0.878. The number of hydrogen-bond acceptors (Lipinski definition) is 0. The Labute approximate surface area is 110 Å². The molecule has 0 rings (SSSR count). The Kier molecular flexibility index (Phi) is 9.91. The highest BCUT2D eigenvalue weighted by molar-refractivity contribution is 4.59. The van der Waals surface area contributed by atoms with Crippen molar-refractivity contribution in [2.24, 2.45) is 0 Å². The number of quaternary nitrogens is 1. The standard InChI is InChI=1S/C16H36N/c1-6-8-10-12-14-16(17(3,4)5)15-13-11-9-7-2/h16H,6-15H2,1-5H3/q+1. The highest BCUT2D eigenvalue weighted by Gasteiger charge is 2.22. The molecule has 0 bridgehead atoms. The molecule has 0 aromatic rings. The molecule has 104 valence electrons. The summed E-state index contributed by atoms with van der Waals surface area (Å²) < 4.78 is 1.15. The van der Waals surface area contributed by atoms with Crippen LogP contribution in [0.25, 0.3) is 0 Å². The van der Waals surface area contributed by atoms with Crippen LogP contribution in [0.5, 0.6) is 0 Å². The van der Waals surface area contributed by atoms with Crippen LogP contribution in [0.3, 0.4) is 0 Å². The van der Waals surface area contributed by atoms with Crippen molar-refractivity contribution in [2.75, 3.05) is 21.1 Å². The van der Waals surface area contributed by atoms with Crippen LogP contribution in [-0.2, 0) is 0 Å². The highest BCUT2D eigenvalue weighted by atomic mass is 15.3. The van der Waals surface area contributed by atoms with Crippen molar-refractivity contribution in [3.63, 3.8) is 0 Å². The van der Waals surface area contributed by atoms with Crippen LogP contribution < -0.4 is 0 Å². The minimum atomic E-state index is 0.878. The fourth-order valence-corrected chi connectivity index (χ4v) is 2.53. The van der Waals surface area contributed by atoms with Gasteiger partial charge >= 0.3 is 0 Å². The Hall–Kier alpha value is -0.0400. The zero-order chi connectivity index (χ0) is 13.1. The third kappa shape index (κ3) is 9.64. The van der Waals surface area contributed by atoms with Crippen molar-refractivity contribution < 1.29 is 4.48 Å². The van der Waals surface area contributed by atoms with E-state index >= 15 is 0 Å². The van der Waals surface area contributed by atoms with Gasteiger partial charge in [-0.3, -0.25) is 0 Å². The lowest BCUT2D eigenvalue weighted by Gasteiger charge is -2.34. The first kappa shape index (κ1) is 17.0. The lowest BCUT2D eigenvalue weighted by atomic mass is 9.99. The summed E-state index contributed by atoms with van der Waals surface area (Å²) in [6.07, 6.45) is 14.1. The Morgan fingerprint density at radius 2 is 1.06 bits per heavy atom. The maximum absolute atomic E-state index is 2.37. The average Bonchev–Trinajstić information content (AvgIpc) is 2.25. The zero-order valence-corrected chi connectivity index (χ0v) is 13.1. The van der Waals surface area contributed by atoms with Crippen LogP contribution in [0, 0.1) is 0 Å². The van der Waals surface area contributed by atoms with Crippen LogP contribution in [0.15, 0.2) is 0 Å². The summed E-state index contributed by atoms with van der Waals surface area (Å²) in [5.74, 6) is 0. The predicted octanol–water partition coefficient (Wildman–Crippen LogP) is 5.00. The second-order valence-corrected chi connectivity index (χ2v) is 6.47. The molecule has 0 spiro atoms. The summed E-state index contributed by atoms with van der Waals surface area (Å²) in [7, 11) is 7.10. The Bertz CT molecular complexity index is 145. The molecule has 0 unspecified atom stereocenters. The third-order valence-corrected chi connectivity index (χ3v) is 3.88. The zero-order valence-electron chi connectivity index (χ0n) is 13.1. The van der Waals surface area contributed by atoms with Crippen molar-refractivity contribution in [1.29, 1.82) is 0 Å². The predicted molar refractivity (Wildman–Crippen MR) is 79.3 cm³/mol. The molecule has 0 atom stereocenters. The van der Waals surface area contributed by atoms with Gasteiger partial charge in [-0.25, -0.2) is 0 Å². The molecule has 0 heterocycles. The lowest BCUT2D eigenvalue weighted by Crippen LogP contribution is -2.45. The van der Waals surface area contributed by atoms with Gasteiger partial charge in [0.05, 0.1) is 27.2 Å². The maximum Gasteiger partial charge on any atom is 0.0884 e. The molecule has 0 saturated carbocycles. The summed E-state index contributed by atoms with van der Waals surface area (Å²) in [5.41, 5.74) is 0. The Morgan fingerprint density at radius 3 is 1.35 bits per heavy atom. The first-order chi connectivity index (χ1) is 8.02. The van der Waals surface area contributed by atoms with Gasteiger partial charge in [-0.1, -0.05) is 52.4 Å². The van der Waals surface area contributed by atoms with E-state index in [-0.39, 0.29) is 0 Å². The van der Waals surface area contributed by atoms with Crippen LogP contribution >= 0.6 is 0 Å².